The van der Waals surface area contributed by atoms with Crippen molar-refractivity contribution in [2.24, 2.45) is 5.41 Å². The number of aromatic nitrogens is 1. The predicted octanol–water partition coefficient (Wildman–Crippen LogP) is 7.14. The standard InChI is InChI=1S/C31H49NO7Si/c1-22(17-25(39-40(9,10)31(5,6)7)15-16-37-29(34)30(2,3)4)18-27(33)26-20-38-28(32-26)21-36-19-23-11-13-24(35-8)14-12-23/h11-14,20,25,27,33H,1,15-19,21H2,2-10H3/t25-,27+/m0/s1. The van der Waals surface area contributed by atoms with Gasteiger partial charge in [0.05, 0.1) is 31.8 Å². The second kappa shape index (κ2) is 14.4. The third-order valence-electron chi connectivity index (χ3n) is 7.12. The van der Waals surface area contributed by atoms with Crippen molar-refractivity contribution >= 4 is 14.3 Å². The molecule has 0 amide bonds. The maximum atomic E-state index is 12.2. The zero-order chi connectivity index (χ0) is 30.1. The molecule has 0 unspecified atom stereocenters. The molecular weight excluding hydrogens is 526 g/mol. The number of nitrogens with zero attached hydrogens (tertiary/aromatic N) is 1. The fourth-order valence-electron chi connectivity index (χ4n) is 3.60. The van der Waals surface area contributed by atoms with Crippen LogP contribution in [0.25, 0.3) is 0 Å². The number of aliphatic hydroxyl groups is 1. The summed E-state index contributed by atoms with van der Waals surface area (Å²) in [6, 6.07) is 7.63. The second-order valence-corrected chi connectivity index (χ2v) is 17.6. The highest BCUT2D eigenvalue weighted by Crippen LogP contribution is 2.38. The van der Waals surface area contributed by atoms with Crippen molar-refractivity contribution in [2.45, 2.75) is 104 Å². The van der Waals surface area contributed by atoms with Gasteiger partial charge in [0.1, 0.15) is 30.4 Å². The van der Waals surface area contributed by atoms with E-state index in [-0.39, 0.29) is 30.3 Å². The Hall–Kier alpha value is -2.46. The molecule has 1 heterocycles. The molecule has 0 spiro atoms. The monoisotopic (exact) mass is 575 g/mol. The lowest BCUT2D eigenvalue weighted by Gasteiger charge is -2.39. The van der Waals surface area contributed by atoms with Gasteiger partial charge in [-0.3, -0.25) is 4.79 Å². The molecule has 9 heteroatoms. The van der Waals surface area contributed by atoms with Gasteiger partial charge in [-0.1, -0.05) is 45.1 Å². The van der Waals surface area contributed by atoms with Gasteiger partial charge in [-0.2, -0.15) is 0 Å². The molecule has 0 saturated carbocycles. The molecule has 0 aliphatic carbocycles. The predicted molar refractivity (Wildman–Crippen MR) is 158 cm³/mol. The molecular formula is C31H49NO7Si. The van der Waals surface area contributed by atoms with Gasteiger partial charge in [0.25, 0.3) is 0 Å². The van der Waals surface area contributed by atoms with Crippen LogP contribution in [0.4, 0.5) is 0 Å². The van der Waals surface area contributed by atoms with Gasteiger partial charge in [-0.15, -0.1) is 0 Å². The second-order valence-electron chi connectivity index (χ2n) is 12.9. The topological polar surface area (TPSA) is 100 Å². The molecule has 40 heavy (non-hydrogen) atoms. The number of hydrogen-bond donors (Lipinski definition) is 1. The van der Waals surface area contributed by atoms with E-state index in [1.54, 1.807) is 7.11 Å². The first-order valence-electron chi connectivity index (χ1n) is 13.9. The zero-order valence-electron chi connectivity index (χ0n) is 25.8. The number of hydrogen-bond acceptors (Lipinski definition) is 8. The van der Waals surface area contributed by atoms with Crippen molar-refractivity contribution in [1.29, 1.82) is 0 Å². The summed E-state index contributed by atoms with van der Waals surface area (Å²) >= 11 is 0. The number of oxazole rings is 1. The molecule has 0 bridgehead atoms. The van der Waals surface area contributed by atoms with E-state index in [2.05, 4.69) is 45.4 Å². The van der Waals surface area contributed by atoms with Crippen LogP contribution in [0.3, 0.4) is 0 Å². The van der Waals surface area contributed by atoms with Crippen LogP contribution in [0.1, 0.15) is 84.1 Å². The summed E-state index contributed by atoms with van der Waals surface area (Å²) in [7, 11) is -0.454. The number of carbonyl (C=O) groups is 1. The first-order valence-corrected chi connectivity index (χ1v) is 16.8. The molecule has 0 radical (unpaired) electrons. The van der Waals surface area contributed by atoms with Crippen LogP contribution >= 0.6 is 0 Å². The third kappa shape index (κ3) is 10.8. The number of ether oxygens (including phenoxy) is 3. The minimum absolute atomic E-state index is 0.0285. The summed E-state index contributed by atoms with van der Waals surface area (Å²) in [6.45, 7) is 21.6. The number of esters is 1. The number of methoxy groups -OCH3 is 1. The van der Waals surface area contributed by atoms with Crippen molar-refractivity contribution in [3.05, 3.63) is 59.8 Å². The first-order chi connectivity index (χ1) is 18.5. The average Bonchev–Trinajstić information content (AvgIpc) is 3.32. The van der Waals surface area contributed by atoms with E-state index in [4.69, 9.17) is 23.1 Å². The summed E-state index contributed by atoms with van der Waals surface area (Å²) in [6.07, 6.45) is 1.85. The highest BCUT2D eigenvalue weighted by atomic mass is 28.4. The minimum atomic E-state index is -2.08. The average molecular weight is 576 g/mol. The summed E-state index contributed by atoms with van der Waals surface area (Å²) in [5.41, 5.74) is 1.72. The Morgan fingerprint density at radius 3 is 2.30 bits per heavy atom. The SMILES string of the molecule is C=C(C[C@H](CCOC(=O)C(C)(C)C)O[Si](C)(C)C(C)(C)C)C[C@@H](O)c1coc(COCc2ccc(OC)cc2)n1. The normalized spacial score (nSPS) is 14.1. The molecule has 2 rings (SSSR count). The quantitative estimate of drug-likeness (QED) is 0.136. The molecule has 2 aromatic rings. The van der Waals surface area contributed by atoms with E-state index < -0.39 is 19.8 Å². The molecule has 224 valence electrons. The number of benzene rings is 1. The van der Waals surface area contributed by atoms with E-state index in [9.17, 15) is 9.90 Å². The van der Waals surface area contributed by atoms with Crippen molar-refractivity contribution in [1.82, 2.24) is 4.98 Å². The summed E-state index contributed by atoms with van der Waals surface area (Å²) in [5, 5.41) is 10.9. The molecule has 8 nitrogen and oxygen atoms in total. The van der Waals surface area contributed by atoms with Gasteiger partial charge in [0, 0.05) is 6.42 Å². The van der Waals surface area contributed by atoms with Crippen LogP contribution < -0.4 is 4.74 Å². The number of carbonyl (C=O) groups excluding carboxylic acids is 1. The van der Waals surface area contributed by atoms with Crippen LogP contribution in [0.2, 0.25) is 18.1 Å². The summed E-state index contributed by atoms with van der Waals surface area (Å²) < 4.78 is 28.6. The maximum absolute atomic E-state index is 12.2. The molecule has 0 saturated heterocycles. The van der Waals surface area contributed by atoms with Gasteiger partial charge in [0.15, 0.2) is 8.32 Å². The van der Waals surface area contributed by atoms with Gasteiger partial charge < -0.3 is 28.2 Å². The van der Waals surface area contributed by atoms with Crippen LogP contribution in [-0.4, -0.2) is 44.2 Å². The third-order valence-corrected chi connectivity index (χ3v) is 11.7. The molecule has 0 aliphatic heterocycles. The Morgan fingerprint density at radius 2 is 1.73 bits per heavy atom. The fraction of sp³-hybridized carbons (Fsp3) is 0.613. The van der Waals surface area contributed by atoms with Crippen molar-refractivity contribution in [3.8, 4) is 5.75 Å². The van der Waals surface area contributed by atoms with Crippen LogP contribution in [-0.2, 0) is 31.9 Å². The van der Waals surface area contributed by atoms with E-state index >= 15 is 0 Å². The van der Waals surface area contributed by atoms with Crippen molar-refractivity contribution in [2.75, 3.05) is 13.7 Å². The highest BCUT2D eigenvalue weighted by Gasteiger charge is 2.39. The Balaban J connectivity index is 1.92. The van der Waals surface area contributed by atoms with Crippen LogP contribution in [0, 0.1) is 5.41 Å². The van der Waals surface area contributed by atoms with E-state index in [0.29, 0.717) is 37.5 Å². The smallest absolute Gasteiger partial charge is 0.311 e. The van der Waals surface area contributed by atoms with Crippen LogP contribution in [0.5, 0.6) is 5.75 Å². The van der Waals surface area contributed by atoms with Crippen LogP contribution in [0.15, 0.2) is 47.1 Å². The van der Waals surface area contributed by atoms with Gasteiger partial charge in [-0.05, 0) is 69.4 Å². The van der Waals surface area contributed by atoms with E-state index in [1.165, 1.54) is 6.26 Å². The molecule has 1 aromatic heterocycles. The summed E-state index contributed by atoms with van der Waals surface area (Å²) in [5.74, 6) is 0.953. The lowest BCUT2D eigenvalue weighted by molar-refractivity contribution is -0.153. The molecule has 2 atom stereocenters. The Kier molecular flexibility index (Phi) is 12.2. The molecule has 1 aromatic carbocycles. The van der Waals surface area contributed by atoms with Crippen molar-refractivity contribution in [3.63, 3.8) is 0 Å². The Labute approximate surface area is 241 Å². The zero-order valence-corrected chi connectivity index (χ0v) is 26.8. The van der Waals surface area contributed by atoms with E-state index in [1.807, 2.05) is 45.0 Å². The van der Waals surface area contributed by atoms with Crippen molar-refractivity contribution < 1.29 is 33.0 Å². The minimum Gasteiger partial charge on any atom is -0.497 e. The molecule has 0 fully saturated rings. The van der Waals surface area contributed by atoms with Gasteiger partial charge in [0.2, 0.25) is 5.89 Å². The fourth-order valence-corrected chi connectivity index (χ4v) is 4.99. The Morgan fingerprint density at radius 1 is 1.07 bits per heavy atom. The summed E-state index contributed by atoms with van der Waals surface area (Å²) in [4.78, 5) is 16.6. The lowest BCUT2D eigenvalue weighted by Crippen LogP contribution is -2.44. The first kappa shape index (κ1) is 33.7. The Bertz CT molecular complexity index is 1080. The molecule has 1 N–H and O–H groups in total. The highest BCUT2D eigenvalue weighted by molar-refractivity contribution is 6.74. The van der Waals surface area contributed by atoms with Gasteiger partial charge in [-0.25, -0.2) is 4.98 Å². The molecule has 0 aliphatic rings. The van der Waals surface area contributed by atoms with E-state index in [0.717, 1.165) is 16.9 Å². The number of rotatable bonds is 15. The van der Waals surface area contributed by atoms with Gasteiger partial charge >= 0.3 is 5.97 Å². The number of aliphatic hydroxyl groups excluding tert-OH is 1. The maximum Gasteiger partial charge on any atom is 0.311 e. The lowest BCUT2D eigenvalue weighted by atomic mass is 9.97. The largest absolute Gasteiger partial charge is 0.497 e.